The summed E-state index contributed by atoms with van der Waals surface area (Å²) in [6.45, 7) is 0. The van der Waals surface area contributed by atoms with Gasteiger partial charge >= 0.3 is 6.09 Å². The number of hydrogen-bond acceptors (Lipinski definition) is 4. The van der Waals surface area contributed by atoms with Crippen molar-refractivity contribution in [1.29, 1.82) is 0 Å². The van der Waals surface area contributed by atoms with Gasteiger partial charge in [-0.05, 0) is 35.9 Å². The smallest absolute Gasteiger partial charge is 0.413 e. The highest BCUT2D eigenvalue weighted by atomic mass is 16.6. The molecule has 7 heteroatoms. The second-order valence-corrected chi connectivity index (χ2v) is 7.18. The van der Waals surface area contributed by atoms with E-state index >= 15 is 0 Å². The number of benzene rings is 3. The van der Waals surface area contributed by atoms with E-state index in [4.69, 9.17) is 9.47 Å². The molecule has 32 heavy (non-hydrogen) atoms. The number of hydrogen-bond donors (Lipinski definition) is 3. The number of fused-ring (bicyclic) bond motifs is 1. The summed E-state index contributed by atoms with van der Waals surface area (Å²) in [7, 11) is 1.56. The lowest BCUT2D eigenvalue weighted by molar-refractivity contribution is -0.118. The second-order valence-electron chi connectivity index (χ2n) is 7.18. The van der Waals surface area contributed by atoms with Gasteiger partial charge in [0.25, 0.3) is 0 Å². The van der Waals surface area contributed by atoms with Crippen molar-refractivity contribution in [2.75, 3.05) is 12.4 Å². The van der Waals surface area contributed by atoms with Crippen LogP contribution in [0.15, 0.2) is 85.1 Å². The highest BCUT2D eigenvalue weighted by Gasteiger charge is 2.24. The number of aromatic nitrogens is 1. The summed E-state index contributed by atoms with van der Waals surface area (Å²) in [5, 5.41) is 6.54. The fourth-order valence-electron chi connectivity index (χ4n) is 3.43. The highest BCUT2D eigenvalue weighted by molar-refractivity contribution is 5.97. The molecule has 7 nitrogen and oxygen atoms in total. The summed E-state index contributed by atoms with van der Waals surface area (Å²) in [5.41, 5.74) is 2.43. The molecule has 0 spiro atoms. The molecule has 3 N–H and O–H groups in total. The molecule has 1 heterocycles. The first-order chi connectivity index (χ1) is 15.6. The number of anilines is 1. The van der Waals surface area contributed by atoms with E-state index in [1.165, 1.54) is 0 Å². The van der Waals surface area contributed by atoms with E-state index in [2.05, 4.69) is 15.6 Å². The highest BCUT2D eigenvalue weighted by Crippen LogP contribution is 2.21. The number of nitrogens with one attached hydrogen (secondary N) is 3. The van der Waals surface area contributed by atoms with Crippen LogP contribution in [0.4, 0.5) is 10.5 Å². The number of methoxy groups -OCH3 is 1. The zero-order chi connectivity index (χ0) is 22.3. The third-order valence-electron chi connectivity index (χ3n) is 5.00. The lowest BCUT2D eigenvalue weighted by atomic mass is 10.0. The standard InChI is InChI=1S/C25H23N3O4/c1-31-20-11-7-8-18(15-20)27-24(29)23(28-25(30)32-19-9-3-2-4-10-19)14-17-16-26-22-13-6-5-12-21(17)22/h2-13,15-16,23,26H,14H2,1H3,(H,27,29)(H,28,30)/t23-/m1/s1. The molecule has 0 unspecified atom stereocenters. The van der Waals surface area contributed by atoms with Gasteiger partial charge in [-0.1, -0.05) is 42.5 Å². The fraction of sp³-hybridized carbons (Fsp3) is 0.120. The molecule has 0 aliphatic heterocycles. The number of para-hydroxylation sites is 2. The van der Waals surface area contributed by atoms with Crippen LogP contribution >= 0.6 is 0 Å². The van der Waals surface area contributed by atoms with Crippen molar-refractivity contribution in [3.63, 3.8) is 0 Å². The van der Waals surface area contributed by atoms with Crippen LogP contribution in [0.25, 0.3) is 10.9 Å². The molecule has 0 bridgehead atoms. The Morgan fingerprint density at radius 1 is 0.938 bits per heavy atom. The van der Waals surface area contributed by atoms with Gasteiger partial charge in [0.15, 0.2) is 0 Å². The van der Waals surface area contributed by atoms with E-state index < -0.39 is 12.1 Å². The minimum Gasteiger partial charge on any atom is -0.497 e. The quantitative estimate of drug-likeness (QED) is 0.403. The van der Waals surface area contributed by atoms with Gasteiger partial charge in [0, 0.05) is 35.3 Å². The molecule has 1 atom stereocenters. The van der Waals surface area contributed by atoms with E-state index in [1.807, 2.05) is 36.5 Å². The van der Waals surface area contributed by atoms with Crippen LogP contribution in [-0.2, 0) is 11.2 Å². The first kappa shape index (κ1) is 21.0. The van der Waals surface area contributed by atoms with Crippen LogP contribution in [0.3, 0.4) is 0 Å². The zero-order valence-electron chi connectivity index (χ0n) is 17.5. The minimum atomic E-state index is -0.864. The number of carbonyl (C=O) groups is 2. The predicted molar refractivity (Wildman–Crippen MR) is 123 cm³/mol. The maximum Gasteiger partial charge on any atom is 0.413 e. The first-order valence-corrected chi connectivity index (χ1v) is 10.2. The van der Waals surface area contributed by atoms with Gasteiger partial charge in [-0.3, -0.25) is 4.79 Å². The molecule has 3 aromatic carbocycles. The number of carbonyl (C=O) groups excluding carboxylic acids is 2. The van der Waals surface area contributed by atoms with Crippen molar-refractivity contribution in [2.24, 2.45) is 0 Å². The Morgan fingerprint density at radius 3 is 2.50 bits per heavy atom. The predicted octanol–water partition coefficient (Wildman–Crippen LogP) is 4.51. The zero-order valence-corrected chi connectivity index (χ0v) is 17.5. The van der Waals surface area contributed by atoms with Crippen molar-refractivity contribution < 1.29 is 19.1 Å². The Bertz CT molecular complexity index is 1220. The largest absolute Gasteiger partial charge is 0.497 e. The van der Waals surface area contributed by atoms with Crippen molar-refractivity contribution in [3.05, 3.63) is 90.6 Å². The van der Waals surface area contributed by atoms with Gasteiger partial charge in [0.2, 0.25) is 5.91 Å². The monoisotopic (exact) mass is 429 g/mol. The Labute approximate surface area is 185 Å². The molecule has 2 amide bonds. The number of amides is 2. The van der Waals surface area contributed by atoms with E-state index in [0.717, 1.165) is 16.5 Å². The maximum atomic E-state index is 13.1. The molecular formula is C25H23N3O4. The van der Waals surface area contributed by atoms with Crippen LogP contribution in [0.2, 0.25) is 0 Å². The molecule has 0 aliphatic rings. The normalized spacial score (nSPS) is 11.5. The third-order valence-corrected chi connectivity index (χ3v) is 5.00. The van der Waals surface area contributed by atoms with Gasteiger partial charge < -0.3 is 25.1 Å². The summed E-state index contributed by atoms with van der Waals surface area (Å²) >= 11 is 0. The van der Waals surface area contributed by atoms with Gasteiger partial charge in [0.05, 0.1) is 7.11 Å². The third kappa shape index (κ3) is 5.07. The Kier molecular flexibility index (Phi) is 6.36. The van der Waals surface area contributed by atoms with Crippen LogP contribution < -0.4 is 20.1 Å². The molecule has 4 aromatic rings. The molecular weight excluding hydrogens is 406 g/mol. The number of rotatable bonds is 7. The summed E-state index contributed by atoms with van der Waals surface area (Å²) < 4.78 is 10.5. The Hall–Kier alpha value is -4.26. The Balaban J connectivity index is 1.54. The average molecular weight is 429 g/mol. The van der Waals surface area contributed by atoms with Crippen LogP contribution in [-0.4, -0.2) is 30.1 Å². The van der Waals surface area contributed by atoms with E-state index in [9.17, 15) is 9.59 Å². The van der Waals surface area contributed by atoms with Crippen LogP contribution in [0, 0.1) is 0 Å². The molecule has 0 aliphatic carbocycles. The minimum absolute atomic E-state index is 0.281. The van der Waals surface area contributed by atoms with Gasteiger partial charge in [0.1, 0.15) is 17.5 Å². The topological polar surface area (TPSA) is 92.5 Å². The van der Waals surface area contributed by atoms with Crippen molar-refractivity contribution >= 4 is 28.6 Å². The molecule has 4 rings (SSSR count). The number of H-pyrrole nitrogens is 1. The molecule has 1 aromatic heterocycles. The second kappa shape index (κ2) is 9.70. The van der Waals surface area contributed by atoms with Crippen LogP contribution in [0.1, 0.15) is 5.56 Å². The molecule has 0 fully saturated rings. The average Bonchev–Trinajstić information content (AvgIpc) is 3.22. The lowest BCUT2D eigenvalue weighted by Gasteiger charge is -2.18. The first-order valence-electron chi connectivity index (χ1n) is 10.2. The fourth-order valence-corrected chi connectivity index (χ4v) is 3.43. The van der Waals surface area contributed by atoms with Gasteiger partial charge in [-0.2, -0.15) is 0 Å². The molecule has 162 valence electrons. The summed E-state index contributed by atoms with van der Waals surface area (Å²) in [5.74, 6) is 0.644. The Morgan fingerprint density at radius 2 is 1.69 bits per heavy atom. The summed E-state index contributed by atoms with van der Waals surface area (Å²) in [6, 6.07) is 22.7. The van der Waals surface area contributed by atoms with Crippen molar-refractivity contribution in [1.82, 2.24) is 10.3 Å². The van der Waals surface area contributed by atoms with Crippen LogP contribution in [0.5, 0.6) is 11.5 Å². The molecule has 0 saturated heterocycles. The molecule has 0 saturated carbocycles. The van der Waals surface area contributed by atoms with Crippen molar-refractivity contribution in [3.8, 4) is 11.5 Å². The van der Waals surface area contributed by atoms with Crippen molar-refractivity contribution in [2.45, 2.75) is 12.5 Å². The molecule has 0 radical (unpaired) electrons. The summed E-state index contributed by atoms with van der Waals surface area (Å²) in [6.07, 6.45) is 1.42. The number of aromatic amines is 1. The van der Waals surface area contributed by atoms with Gasteiger partial charge in [-0.25, -0.2) is 4.79 Å². The lowest BCUT2D eigenvalue weighted by Crippen LogP contribution is -2.46. The van der Waals surface area contributed by atoms with Gasteiger partial charge in [-0.15, -0.1) is 0 Å². The van der Waals surface area contributed by atoms with E-state index in [0.29, 0.717) is 17.2 Å². The van der Waals surface area contributed by atoms with E-state index in [-0.39, 0.29) is 12.3 Å². The SMILES string of the molecule is COc1cccc(NC(=O)[C@@H](Cc2c[nH]c3ccccc23)NC(=O)Oc2ccccc2)c1. The number of ether oxygens (including phenoxy) is 2. The maximum absolute atomic E-state index is 13.1. The summed E-state index contributed by atoms with van der Waals surface area (Å²) in [4.78, 5) is 28.9. The van der Waals surface area contributed by atoms with E-state index in [1.54, 1.807) is 55.6 Å².